The average molecular weight is 317 g/mol. The molecular weight excluding hydrogens is 298 g/mol. The molecule has 1 aromatic heterocycles. The third-order valence-corrected chi connectivity index (χ3v) is 5.40. The summed E-state index contributed by atoms with van der Waals surface area (Å²) in [6, 6.07) is 0. The second-order valence-corrected chi connectivity index (χ2v) is 7.98. The van der Waals surface area contributed by atoms with Gasteiger partial charge in [0.15, 0.2) is 0 Å². The topological polar surface area (TPSA) is 70.6 Å². The van der Waals surface area contributed by atoms with E-state index in [0.29, 0.717) is 39.0 Å². The fourth-order valence-corrected chi connectivity index (χ4v) is 3.72. The van der Waals surface area contributed by atoms with Crippen LogP contribution in [0.3, 0.4) is 0 Å². The summed E-state index contributed by atoms with van der Waals surface area (Å²) in [7, 11) is -3.17. The first kappa shape index (κ1) is 15.4. The molecule has 0 aromatic carbocycles. The lowest BCUT2D eigenvalue weighted by Crippen LogP contribution is -2.37. The van der Waals surface area contributed by atoms with E-state index in [-0.39, 0.29) is 5.91 Å². The van der Waals surface area contributed by atoms with Crippen molar-refractivity contribution >= 4 is 27.3 Å². The number of nitrogens with zero attached hydrogens (tertiary/aromatic N) is 3. The van der Waals surface area contributed by atoms with Gasteiger partial charge in [0, 0.05) is 31.6 Å². The Hall–Kier alpha value is -0.990. The number of carbonyl (C=O) groups is 1. The van der Waals surface area contributed by atoms with Gasteiger partial charge >= 0.3 is 0 Å². The van der Waals surface area contributed by atoms with Crippen molar-refractivity contribution < 1.29 is 13.2 Å². The first-order chi connectivity index (χ1) is 9.36. The SMILES string of the molecule is Cc1nc(CC(=O)N2CCCN(S(C)(=O)=O)CC2)cs1. The highest BCUT2D eigenvalue weighted by Gasteiger charge is 2.24. The minimum absolute atomic E-state index is 0.0191. The van der Waals surface area contributed by atoms with Gasteiger partial charge in [-0.3, -0.25) is 4.79 Å². The summed E-state index contributed by atoms with van der Waals surface area (Å²) in [6.07, 6.45) is 2.18. The molecule has 0 N–H and O–H groups in total. The minimum Gasteiger partial charge on any atom is -0.341 e. The number of carbonyl (C=O) groups excluding carboxylic acids is 1. The number of sulfonamides is 1. The van der Waals surface area contributed by atoms with Crippen LogP contribution in [-0.4, -0.2) is 60.9 Å². The minimum atomic E-state index is -3.17. The van der Waals surface area contributed by atoms with E-state index in [1.54, 1.807) is 4.90 Å². The van der Waals surface area contributed by atoms with Crippen LogP contribution >= 0.6 is 11.3 Å². The van der Waals surface area contributed by atoms with Gasteiger partial charge in [0.25, 0.3) is 0 Å². The molecule has 1 fully saturated rings. The molecule has 112 valence electrons. The van der Waals surface area contributed by atoms with Gasteiger partial charge in [-0.15, -0.1) is 11.3 Å². The van der Waals surface area contributed by atoms with Crippen molar-refractivity contribution in [2.24, 2.45) is 0 Å². The van der Waals surface area contributed by atoms with E-state index in [4.69, 9.17) is 0 Å². The molecule has 8 heteroatoms. The molecule has 1 saturated heterocycles. The Kier molecular flexibility index (Phi) is 4.77. The summed E-state index contributed by atoms with van der Waals surface area (Å²) in [6.45, 7) is 3.83. The molecule has 0 spiro atoms. The lowest BCUT2D eigenvalue weighted by Gasteiger charge is -2.20. The van der Waals surface area contributed by atoms with Crippen molar-refractivity contribution in [1.82, 2.24) is 14.2 Å². The molecule has 1 aliphatic rings. The van der Waals surface area contributed by atoms with Gasteiger partial charge in [-0.05, 0) is 13.3 Å². The third-order valence-electron chi connectivity index (χ3n) is 3.28. The highest BCUT2D eigenvalue weighted by Crippen LogP contribution is 2.12. The summed E-state index contributed by atoms with van der Waals surface area (Å²) in [5.41, 5.74) is 0.793. The fraction of sp³-hybridized carbons (Fsp3) is 0.667. The van der Waals surface area contributed by atoms with Gasteiger partial charge < -0.3 is 4.90 Å². The lowest BCUT2D eigenvalue weighted by atomic mass is 10.3. The van der Waals surface area contributed by atoms with Gasteiger partial charge in [-0.2, -0.15) is 0 Å². The third kappa shape index (κ3) is 4.00. The quantitative estimate of drug-likeness (QED) is 0.813. The summed E-state index contributed by atoms with van der Waals surface area (Å²) in [4.78, 5) is 18.2. The van der Waals surface area contributed by atoms with Crippen LogP contribution in [0.1, 0.15) is 17.1 Å². The van der Waals surface area contributed by atoms with E-state index in [1.165, 1.54) is 21.9 Å². The number of rotatable bonds is 3. The molecular formula is C12H19N3O3S2. The second-order valence-electron chi connectivity index (χ2n) is 4.93. The van der Waals surface area contributed by atoms with Gasteiger partial charge in [0.05, 0.1) is 23.4 Å². The zero-order chi connectivity index (χ0) is 14.8. The Balaban J connectivity index is 1.95. The first-order valence-corrected chi connectivity index (χ1v) is 9.23. The highest BCUT2D eigenvalue weighted by atomic mass is 32.2. The van der Waals surface area contributed by atoms with Crippen LogP contribution in [0.4, 0.5) is 0 Å². The molecule has 6 nitrogen and oxygen atoms in total. The summed E-state index contributed by atoms with van der Waals surface area (Å²) in [5.74, 6) is 0.0191. The molecule has 20 heavy (non-hydrogen) atoms. The van der Waals surface area contributed by atoms with Gasteiger partial charge in [0.1, 0.15) is 0 Å². The Morgan fingerprint density at radius 3 is 2.70 bits per heavy atom. The highest BCUT2D eigenvalue weighted by molar-refractivity contribution is 7.88. The standard InChI is InChI=1S/C12H19N3O3S2/c1-10-13-11(9-19-10)8-12(16)14-4-3-5-15(7-6-14)20(2,17)18/h9H,3-8H2,1-2H3. The van der Waals surface area contributed by atoms with E-state index in [2.05, 4.69) is 4.98 Å². The number of amides is 1. The van der Waals surface area contributed by atoms with Crippen LogP contribution in [0.15, 0.2) is 5.38 Å². The van der Waals surface area contributed by atoms with E-state index in [9.17, 15) is 13.2 Å². The van der Waals surface area contributed by atoms with Crippen LogP contribution in [0.5, 0.6) is 0 Å². The maximum atomic E-state index is 12.2. The summed E-state index contributed by atoms with van der Waals surface area (Å²) >= 11 is 1.53. The van der Waals surface area contributed by atoms with E-state index >= 15 is 0 Å². The Morgan fingerprint density at radius 2 is 2.10 bits per heavy atom. The van der Waals surface area contributed by atoms with Crippen LogP contribution in [0.25, 0.3) is 0 Å². The zero-order valence-corrected chi connectivity index (χ0v) is 13.3. The van der Waals surface area contributed by atoms with Crippen molar-refractivity contribution in [3.8, 4) is 0 Å². The summed E-state index contributed by atoms with van der Waals surface area (Å²) in [5, 5.41) is 2.85. The van der Waals surface area contributed by atoms with Crippen LogP contribution in [-0.2, 0) is 21.2 Å². The fourth-order valence-electron chi connectivity index (χ4n) is 2.23. The number of aromatic nitrogens is 1. The van der Waals surface area contributed by atoms with E-state index in [1.807, 2.05) is 12.3 Å². The molecule has 0 radical (unpaired) electrons. The molecule has 2 rings (SSSR count). The van der Waals surface area contributed by atoms with Gasteiger partial charge in [0.2, 0.25) is 15.9 Å². The normalized spacial score (nSPS) is 18.0. The monoisotopic (exact) mass is 317 g/mol. The maximum absolute atomic E-state index is 12.2. The molecule has 0 aliphatic carbocycles. The molecule has 2 heterocycles. The largest absolute Gasteiger partial charge is 0.341 e. The molecule has 0 unspecified atom stereocenters. The van der Waals surface area contributed by atoms with Crippen molar-refractivity contribution in [1.29, 1.82) is 0 Å². The van der Waals surface area contributed by atoms with Crippen LogP contribution < -0.4 is 0 Å². The lowest BCUT2D eigenvalue weighted by molar-refractivity contribution is -0.130. The van der Waals surface area contributed by atoms with Crippen molar-refractivity contribution in [2.75, 3.05) is 32.4 Å². The molecule has 1 aromatic rings. The average Bonchev–Trinajstić information content (AvgIpc) is 2.64. The predicted molar refractivity (Wildman–Crippen MR) is 78.2 cm³/mol. The van der Waals surface area contributed by atoms with Crippen molar-refractivity contribution in [3.05, 3.63) is 16.1 Å². The van der Waals surface area contributed by atoms with Crippen molar-refractivity contribution in [2.45, 2.75) is 19.8 Å². The number of thiazole rings is 1. The molecule has 0 bridgehead atoms. The Morgan fingerprint density at radius 1 is 1.35 bits per heavy atom. The van der Waals surface area contributed by atoms with Crippen LogP contribution in [0, 0.1) is 6.92 Å². The number of hydrogen-bond acceptors (Lipinski definition) is 5. The first-order valence-electron chi connectivity index (χ1n) is 6.50. The second kappa shape index (κ2) is 6.19. The summed E-state index contributed by atoms with van der Waals surface area (Å²) < 4.78 is 24.5. The Bertz CT molecular complexity index is 583. The number of hydrogen-bond donors (Lipinski definition) is 0. The zero-order valence-electron chi connectivity index (χ0n) is 11.7. The van der Waals surface area contributed by atoms with Crippen molar-refractivity contribution in [3.63, 3.8) is 0 Å². The van der Waals surface area contributed by atoms with Gasteiger partial charge in [-0.1, -0.05) is 0 Å². The van der Waals surface area contributed by atoms with E-state index < -0.39 is 10.0 Å². The molecule has 0 saturated carbocycles. The maximum Gasteiger partial charge on any atom is 0.228 e. The molecule has 0 atom stereocenters. The molecule has 1 aliphatic heterocycles. The smallest absolute Gasteiger partial charge is 0.228 e. The van der Waals surface area contributed by atoms with Crippen LogP contribution in [0.2, 0.25) is 0 Å². The van der Waals surface area contributed by atoms with Gasteiger partial charge in [-0.25, -0.2) is 17.7 Å². The molecule has 1 amide bonds. The predicted octanol–water partition coefficient (Wildman–Crippen LogP) is 0.488. The van der Waals surface area contributed by atoms with E-state index in [0.717, 1.165) is 10.7 Å². The number of aryl methyl sites for hydroxylation is 1. The Labute approximate surface area is 123 Å².